The van der Waals surface area contributed by atoms with Gasteiger partial charge in [-0.05, 0) is 65.2 Å². The minimum atomic E-state index is -0.0897. The van der Waals surface area contributed by atoms with Crippen LogP contribution in [0.5, 0.6) is 5.75 Å². The maximum absolute atomic E-state index is 6.10. The Labute approximate surface area is 138 Å². The van der Waals surface area contributed by atoms with Gasteiger partial charge in [-0.3, -0.25) is 0 Å². The third kappa shape index (κ3) is 3.35. The second-order valence-corrected chi connectivity index (χ2v) is 7.22. The van der Waals surface area contributed by atoms with Crippen LogP contribution in [0.1, 0.15) is 25.0 Å². The fourth-order valence-electron chi connectivity index (χ4n) is 2.58. The number of benzene rings is 2. The Hall–Kier alpha value is -1.19. The molecular weight excluding hydrogens is 350 g/mol. The molecule has 0 bridgehead atoms. The van der Waals surface area contributed by atoms with Gasteiger partial charge in [0.15, 0.2) is 0 Å². The van der Waals surface area contributed by atoms with Gasteiger partial charge in [-0.2, -0.15) is 0 Å². The van der Waals surface area contributed by atoms with Crippen LogP contribution in [0.2, 0.25) is 5.02 Å². The molecule has 21 heavy (non-hydrogen) atoms. The highest BCUT2D eigenvalue weighted by atomic mass is 79.9. The molecule has 0 aromatic heterocycles. The van der Waals surface area contributed by atoms with E-state index in [2.05, 4.69) is 53.3 Å². The van der Waals surface area contributed by atoms with E-state index in [0.29, 0.717) is 5.02 Å². The van der Waals surface area contributed by atoms with Crippen LogP contribution in [-0.4, -0.2) is 5.60 Å². The number of rotatable bonds is 3. The van der Waals surface area contributed by atoms with E-state index in [1.807, 2.05) is 18.2 Å². The lowest BCUT2D eigenvalue weighted by Gasteiger charge is -2.16. The van der Waals surface area contributed by atoms with Crippen LogP contribution >= 0.6 is 27.5 Å². The molecule has 1 N–H and O–H groups in total. The number of ether oxygens (including phenoxy) is 1. The number of nitrogens with one attached hydrogen (secondary N) is 1. The van der Waals surface area contributed by atoms with Crippen molar-refractivity contribution in [3.63, 3.8) is 0 Å². The van der Waals surface area contributed by atoms with Crippen molar-refractivity contribution in [2.24, 2.45) is 0 Å². The van der Waals surface area contributed by atoms with Crippen molar-refractivity contribution in [1.29, 1.82) is 0 Å². The summed E-state index contributed by atoms with van der Waals surface area (Å²) < 4.78 is 6.81. The average Bonchev–Trinajstić information content (AvgIpc) is 2.73. The lowest BCUT2D eigenvalue weighted by atomic mass is 10.0. The van der Waals surface area contributed by atoms with Gasteiger partial charge in [0.1, 0.15) is 11.4 Å². The molecule has 0 spiro atoms. The molecule has 0 radical (unpaired) electrons. The summed E-state index contributed by atoms with van der Waals surface area (Å²) in [5, 5.41) is 4.11. The second-order valence-electron chi connectivity index (χ2n) is 5.96. The van der Waals surface area contributed by atoms with Crippen LogP contribution in [0.3, 0.4) is 0 Å². The predicted molar refractivity (Wildman–Crippen MR) is 91.3 cm³/mol. The molecule has 0 saturated heterocycles. The Bertz CT molecular complexity index is 684. The van der Waals surface area contributed by atoms with Gasteiger partial charge in [-0.25, -0.2) is 0 Å². The van der Waals surface area contributed by atoms with Crippen LogP contribution in [0.4, 0.5) is 5.69 Å². The van der Waals surface area contributed by atoms with Gasteiger partial charge in [-0.1, -0.05) is 23.7 Å². The molecule has 0 aliphatic carbocycles. The van der Waals surface area contributed by atoms with E-state index in [1.54, 1.807) is 0 Å². The van der Waals surface area contributed by atoms with E-state index in [1.165, 1.54) is 11.1 Å². The Kier molecular flexibility index (Phi) is 3.89. The van der Waals surface area contributed by atoms with Crippen molar-refractivity contribution in [2.75, 3.05) is 5.32 Å². The minimum absolute atomic E-state index is 0.0897. The topological polar surface area (TPSA) is 21.3 Å². The van der Waals surface area contributed by atoms with Crippen molar-refractivity contribution in [2.45, 2.75) is 32.4 Å². The van der Waals surface area contributed by atoms with Crippen molar-refractivity contribution in [3.05, 3.63) is 57.0 Å². The highest BCUT2D eigenvalue weighted by molar-refractivity contribution is 9.10. The lowest BCUT2D eigenvalue weighted by Crippen LogP contribution is -2.24. The second kappa shape index (κ2) is 5.54. The van der Waals surface area contributed by atoms with Crippen LogP contribution in [0, 0.1) is 0 Å². The molecule has 0 saturated carbocycles. The van der Waals surface area contributed by atoms with Gasteiger partial charge in [0.2, 0.25) is 0 Å². The zero-order valence-corrected chi connectivity index (χ0v) is 14.4. The van der Waals surface area contributed by atoms with Crippen LogP contribution < -0.4 is 10.1 Å². The van der Waals surface area contributed by atoms with Gasteiger partial charge >= 0.3 is 0 Å². The molecule has 1 heterocycles. The summed E-state index contributed by atoms with van der Waals surface area (Å²) in [6, 6.07) is 12.3. The van der Waals surface area contributed by atoms with Gasteiger partial charge in [0.25, 0.3) is 0 Å². The molecule has 0 atom stereocenters. The number of hydrogen-bond acceptors (Lipinski definition) is 2. The van der Waals surface area contributed by atoms with Crippen LogP contribution in [-0.2, 0) is 13.0 Å². The highest BCUT2D eigenvalue weighted by Gasteiger charge is 2.29. The standard InChI is InChI=1S/C17H17BrClNO/c1-17(2)9-12-7-11(3-6-16(12)21-17)10-20-13-4-5-14(18)15(19)8-13/h3-8,20H,9-10H2,1-2H3. The molecule has 110 valence electrons. The van der Waals surface area contributed by atoms with Gasteiger partial charge in [-0.15, -0.1) is 0 Å². The molecule has 0 amide bonds. The summed E-state index contributed by atoms with van der Waals surface area (Å²) in [4.78, 5) is 0. The summed E-state index contributed by atoms with van der Waals surface area (Å²) in [5.41, 5.74) is 3.45. The number of fused-ring (bicyclic) bond motifs is 1. The molecule has 2 nitrogen and oxygen atoms in total. The third-order valence-electron chi connectivity index (χ3n) is 3.54. The summed E-state index contributed by atoms with van der Waals surface area (Å²) in [6.45, 7) is 5.01. The van der Waals surface area contributed by atoms with Crippen molar-refractivity contribution in [3.8, 4) is 5.75 Å². The lowest BCUT2D eigenvalue weighted by molar-refractivity contribution is 0.138. The smallest absolute Gasteiger partial charge is 0.123 e. The van der Waals surface area contributed by atoms with Gasteiger partial charge in [0, 0.05) is 23.1 Å². The fourth-order valence-corrected chi connectivity index (χ4v) is 3.01. The molecule has 0 fully saturated rings. The van der Waals surface area contributed by atoms with Crippen molar-refractivity contribution < 1.29 is 4.74 Å². The minimum Gasteiger partial charge on any atom is -0.487 e. The van der Waals surface area contributed by atoms with E-state index in [4.69, 9.17) is 16.3 Å². The Morgan fingerprint density at radius 1 is 1.24 bits per heavy atom. The first-order valence-electron chi connectivity index (χ1n) is 6.93. The SMILES string of the molecule is CC1(C)Cc2cc(CNc3ccc(Br)c(Cl)c3)ccc2O1. The normalized spacial score (nSPS) is 15.4. The summed E-state index contributed by atoms with van der Waals surface area (Å²) >= 11 is 9.50. The Balaban J connectivity index is 1.71. The zero-order chi connectivity index (χ0) is 15.0. The molecule has 3 rings (SSSR count). The predicted octanol–water partition coefficient (Wildman–Crippen LogP) is 5.43. The van der Waals surface area contributed by atoms with E-state index in [9.17, 15) is 0 Å². The van der Waals surface area contributed by atoms with Crippen molar-refractivity contribution in [1.82, 2.24) is 0 Å². The van der Waals surface area contributed by atoms with Crippen molar-refractivity contribution >= 4 is 33.2 Å². The summed E-state index contributed by atoms with van der Waals surface area (Å²) in [5.74, 6) is 1.01. The van der Waals surface area contributed by atoms with Crippen LogP contribution in [0.15, 0.2) is 40.9 Å². The van der Waals surface area contributed by atoms with Gasteiger partial charge < -0.3 is 10.1 Å². The van der Waals surface area contributed by atoms with E-state index in [0.717, 1.165) is 28.9 Å². The first-order chi connectivity index (χ1) is 9.93. The number of anilines is 1. The molecule has 0 unspecified atom stereocenters. The van der Waals surface area contributed by atoms with E-state index in [-0.39, 0.29) is 5.60 Å². The molecule has 2 aromatic rings. The summed E-state index contributed by atoms with van der Waals surface area (Å²) in [7, 11) is 0. The first-order valence-corrected chi connectivity index (χ1v) is 8.10. The van der Waals surface area contributed by atoms with Gasteiger partial charge in [0.05, 0.1) is 5.02 Å². The third-order valence-corrected chi connectivity index (χ3v) is 4.78. The number of halogens is 2. The molecule has 1 aliphatic heterocycles. The monoisotopic (exact) mass is 365 g/mol. The van der Waals surface area contributed by atoms with Crippen LogP contribution in [0.25, 0.3) is 0 Å². The highest BCUT2D eigenvalue weighted by Crippen LogP contribution is 2.35. The fraction of sp³-hybridized carbons (Fsp3) is 0.294. The maximum Gasteiger partial charge on any atom is 0.123 e. The Morgan fingerprint density at radius 3 is 2.81 bits per heavy atom. The first kappa shape index (κ1) is 14.7. The van der Waals surface area contributed by atoms with E-state index >= 15 is 0 Å². The Morgan fingerprint density at radius 2 is 2.05 bits per heavy atom. The molecule has 2 aromatic carbocycles. The molecular formula is C17H17BrClNO. The summed E-state index contributed by atoms with van der Waals surface area (Å²) in [6.07, 6.45) is 0.959. The maximum atomic E-state index is 6.10. The quantitative estimate of drug-likeness (QED) is 0.782. The largest absolute Gasteiger partial charge is 0.487 e. The molecule has 1 aliphatic rings. The van der Waals surface area contributed by atoms with E-state index < -0.39 is 0 Å². The number of hydrogen-bond donors (Lipinski definition) is 1. The molecule has 4 heteroatoms. The average molecular weight is 367 g/mol. The zero-order valence-electron chi connectivity index (χ0n) is 12.0.